The van der Waals surface area contributed by atoms with Crippen molar-refractivity contribution in [1.29, 1.82) is 0 Å². The molecule has 0 N–H and O–H groups in total. The van der Waals surface area contributed by atoms with Gasteiger partial charge in [-0.15, -0.1) is 11.3 Å². The number of carbonyl (C=O) groups excluding carboxylic acids is 1. The Hall–Kier alpha value is -1.89. The van der Waals surface area contributed by atoms with E-state index in [2.05, 4.69) is 0 Å². The quantitative estimate of drug-likeness (QED) is 0.628. The lowest BCUT2D eigenvalue weighted by molar-refractivity contribution is 0.0989. The Balaban J connectivity index is 1.77. The molecule has 2 heterocycles. The van der Waals surface area contributed by atoms with E-state index >= 15 is 0 Å². The highest BCUT2D eigenvalue weighted by atomic mass is 35.5. The van der Waals surface area contributed by atoms with Gasteiger partial charge >= 0.3 is 0 Å². The number of thiophene rings is 1. The molecule has 4 rings (SSSR count). The van der Waals surface area contributed by atoms with Gasteiger partial charge in [0.25, 0.3) is 5.91 Å². The van der Waals surface area contributed by atoms with Gasteiger partial charge in [0.05, 0.1) is 9.92 Å². The van der Waals surface area contributed by atoms with Gasteiger partial charge in [-0.3, -0.25) is 4.79 Å². The van der Waals surface area contributed by atoms with Crippen LogP contribution in [0.15, 0.2) is 47.4 Å². The molecule has 1 aromatic heterocycles. The van der Waals surface area contributed by atoms with Gasteiger partial charge in [-0.1, -0.05) is 29.8 Å². The zero-order chi connectivity index (χ0) is 18.5. The van der Waals surface area contributed by atoms with Gasteiger partial charge in [0.1, 0.15) is 4.88 Å². The zero-order valence-corrected chi connectivity index (χ0v) is 16.4. The first-order valence-electron chi connectivity index (χ1n) is 8.18. The van der Waals surface area contributed by atoms with Crippen molar-refractivity contribution >= 4 is 54.5 Å². The van der Waals surface area contributed by atoms with Crippen LogP contribution in [-0.4, -0.2) is 27.1 Å². The molecular formula is C19H16ClNO3S2. The lowest BCUT2D eigenvalue weighted by Crippen LogP contribution is -2.35. The highest BCUT2D eigenvalue weighted by Gasteiger charge is 2.28. The minimum absolute atomic E-state index is 0.135. The van der Waals surface area contributed by atoms with E-state index in [0.717, 1.165) is 34.2 Å². The highest BCUT2D eigenvalue weighted by Crippen LogP contribution is 2.38. The maximum Gasteiger partial charge on any atom is 0.269 e. The molecule has 0 saturated carbocycles. The third-order valence-electron chi connectivity index (χ3n) is 4.57. The topological polar surface area (TPSA) is 54.5 Å². The fourth-order valence-corrected chi connectivity index (χ4v) is 5.42. The van der Waals surface area contributed by atoms with Crippen LogP contribution in [0, 0.1) is 0 Å². The minimum Gasteiger partial charge on any atom is -0.307 e. The van der Waals surface area contributed by atoms with Gasteiger partial charge < -0.3 is 4.90 Å². The molecule has 0 spiro atoms. The van der Waals surface area contributed by atoms with Crippen molar-refractivity contribution in [1.82, 2.24) is 0 Å². The van der Waals surface area contributed by atoms with E-state index in [4.69, 9.17) is 11.6 Å². The summed E-state index contributed by atoms with van der Waals surface area (Å²) in [4.78, 5) is 15.7. The van der Waals surface area contributed by atoms with E-state index in [9.17, 15) is 13.2 Å². The van der Waals surface area contributed by atoms with E-state index in [1.807, 2.05) is 24.3 Å². The summed E-state index contributed by atoms with van der Waals surface area (Å²) in [5, 5.41) is 1.36. The number of amides is 1. The summed E-state index contributed by atoms with van der Waals surface area (Å²) < 4.78 is 24.6. The van der Waals surface area contributed by atoms with Gasteiger partial charge in [0.15, 0.2) is 9.84 Å². The number of anilines is 1. The van der Waals surface area contributed by atoms with Crippen molar-refractivity contribution < 1.29 is 13.2 Å². The molecule has 2 aromatic carbocycles. The molecule has 3 aromatic rings. The second-order valence-electron chi connectivity index (χ2n) is 6.36. The Morgan fingerprint density at radius 1 is 1.19 bits per heavy atom. The SMILES string of the molecule is CS(=O)(=O)c1ccc2c(c1)CCCN2C(=O)c1sc2ccccc2c1Cl. The van der Waals surface area contributed by atoms with E-state index in [-0.39, 0.29) is 10.8 Å². The van der Waals surface area contributed by atoms with E-state index in [1.54, 1.807) is 23.1 Å². The van der Waals surface area contributed by atoms with Crippen molar-refractivity contribution in [3.8, 4) is 0 Å². The largest absolute Gasteiger partial charge is 0.307 e. The van der Waals surface area contributed by atoms with Crippen molar-refractivity contribution in [2.75, 3.05) is 17.7 Å². The molecule has 1 amide bonds. The maximum absolute atomic E-state index is 13.2. The highest BCUT2D eigenvalue weighted by molar-refractivity contribution is 7.90. The van der Waals surface area contributed by atoms with Crippen molar-refractivity contribution in [2.24, 2.45) is 0 Å². The fraction of sp³-hybridized carbons (Fsp3) is 0.211. The molecule has 4 nitrogen and oxygen atoms in total. The van der Waals surface area contributed by atoms with Crippen molar-refractivity contribution in [3.05, 3.63) is 57.9 Å². The Labute approximate surface area is 160 Å². The number of hydrogen-bond acceptors (Lipinski definition) is 4. The second kappa shape index (κ2) is 6.37. The summed E-state index contributed by atoms with van der Waals surface area (Å²) in [6.45, 7) is 0.592. The van der Waals surface area contributed by atoms with Crippen LogP contribution in [-0.2, 0) is 16.3 Å². The van der Waals surface area contributed by atoms with Crippen LogP contribution in [0.2, 0.25) is 5.02 Å². The molecule has 0 aliphatic carbocycles. The number of halogens is 1. The predicted molar refractivity (Wildman–Crippen MR) is 106 cm³/mol. The molecule has 1 aliphatic rings. The van der Waals surface area contributed by atoms with Crippen molar-refractivity contribution in [3.63, 3.8) is 0 Å². The Bertz CT molecular complexity index is 1130. The van der Waals surface area contributed by atoms with Crippen molar-refractivity contribution in [2.45, 2.75) is 17.7 Å². The van der Waals surface area contributed by atoms with Crippen LogP contribution >= 0.6 is 22.9 Å². The first kappa shape index (κ1) is 17.5. The standard InChI is InChI=1S/C19H16ClNO3S2/c1-26(23,24)13-8-9-15-12(11-13)5-4-10-21(15)19(22)18-17(20)14-6-2-3-7-16(14)25-18/h2-3,6-9,11H,4-5,10H2,1H3. The molecule has 0 radical (unpaired) electrons. The minimum atomic E-state index is -3.27. The van der Waals surface area contributed by atoms with Crippen LogP contribution in [0.25, 0.3) is 10.1 Å². The summed E-state index contributed by atoms with van der Waals surface area (Å²) in [6, 6.07) is 12.6. The molecule has 0 bridgehead atoms. The van der Waals surface area contributed by atoms with Gasteiger partial charge in [0.2, 0.25) is 0 Å². The molecule has 0 fully saturated rings. The molecular weight excluding hydrogens is 390 g/mol. The molecule has 134 valence electrons. The Morgan fingerprint density at radius 2 is 1.96 bits per heavy atom. The second-order valence-corrected chi connectivity index (χ2v) is 9.81. The molecule has 0 saturated heterocycles. The number of benzene rings is 2. The predicted octanol–water partition coefficient (Wildman–Crippen LogP) is 4.55. The summed E-state index contributed by atoms with van der Waals surface area (Å²) in [7, 11) is -3.27. The Morgan fingerprint density at radius 3 is 2.69 bits per heavy atom. The molecule has 26 heavy (non-hydrogen) atoms. The lowest BCUT2D eigenvalue weighted by atomic mass is 10.0. The van der Waals surface area contributed by atoms with Gasteiger partial charge in [0, 0.05) is 28.6 Å². The van der Waals surface area contributed by atoms with Crippen LogP contribution in [0.1, 0.15) is 21.7 Å². The van der Waals surface area contributed by atoms with Crippen LogP contribution in [0.3, 0.4) is 0 Å². The third-order valence-corrected chi connectivity index (χ3v) is 7.35. The molecule has 0 unspecified atom stereocenters. The molecule has 1 aliphatic heterocycles. The first-order valence-corrected chi connectivity index (χ1v) is 11.3. The molecule has 0 atom stereocenters. The average Bonchev–Trinajstić information content (AvgIpc) is 2.96. The maximum atomic E-state index is 13.2. The number of hydrogen-bond donors (Lipinski definition) is 0. The average molecular weight is 406 g/mol. The summed E-state index contributed by atoms with van der Waals surface area (Å²) >= 11 is 7.86. The normalized spacial score (nSPS) is 14.5. The monoisotopic (exact) mass is 405 g/mol. The van der Waals surface area contributed by atoms with E-state index < -0.39 is 9.84 Å². The summed E-state index contributed by atoms with van der Waals surface area (Å²) in [6.07, 6.45) is 2.73. The van der Waals surface area contributed by atoms with Crippen LogP contribution in [0.4, 0.5) is 5.69 Å². The number of fused-ring (bicyclic) bond motifs is 2. The zero-order valence-electron chi connectivity index (χ0n) is 14.0. The lowest BCUT2D eigenvalue weighted by Gasteiger charge is -2.29. The van der Waals surface area contributed by atoms with Crippen LogP contribution in [0.5, 0.6) is 0 Å². The molecule has 7 heteroatoms. The van der Waals surface area contributed by atoms with Crippen LogP contribution < -0.4 is 4.90 Å². The van der Waals surface area contributed by atoms with E-state index in [1.165, 1.54) is 17.6 Å². The number of carbonyl (C=O) groups is 1. The van der Waals surface area contributed by atoms with Gasteiger partial charge in [-0.2, -0.15) is 0 Å². The van der Waals surface area contributed by atoms with E-state index in [0.29, 0.717) is 16.4 Å². The number of nitrogens with zero attached hydrogens (tertiary/aromatic N) is 1. The number of sulfone groups is 1. The number of aryl methyl sites for hydroxylation is 1. The van der Waals surface area contributed by atoms with Gasteiger partial charge in [-0.25, -0.2) is 8.42 Å². The summed E-state index contributed by atoms with van der Waals surface area (Å²) in [5.41, 5.74) is 1.65. The first-order chi connectivity index (χ1) is 12.4. The van der Waals surface area contributed by atoms with Gasteiger partial charge in [-0.05, 0) is 42.7 Å². The summed E-state index contributed by atoms with van der Waals surface area (Å²) in [5.74, 6) is -0.135. The third kappa shape index (κ3) is 2.92. The Kier molecular flexibility index (Phi) is 4.29. The number of rotatable bonds is 2. The smallest absolute Gasteiger partial charge is 0.269 e. The fourth-order valence-electron chi connectivity index (χ4n) is 3.29.